The summed E-state index contributed by atoms with van der Waals surface area (Å²) in [5, 5.41) is 6.19. The first-order valence-electron chi connectivity index (χ1n) is 7.35. The topological polar surface area (TPSA) is 58.2 Å². The molecule has 2 aromatic rings. The number of hydrogen-bond donors (Lipinski definition) is 2. The first-order chi connectivity index (χ1) is 10.9. The van der Waals surface area contributed by atoms with Gasteiger partial charge in [-0.3, -0.25) is 9.59 Å². The van der Waals surface area contributed by atoms with Gasteiger partial charge in [0.05, 0.1) is 0 Å². The minimum Gasteiger partial charge on any atom is -0.326 e. The highest BCUT2D eigenvalue weighted by atomic mass is 35.5. The summed E-state index contributed by atoms with van der Waals surface area (Å²) in [6.45, 7) is 5.55. The Labute approximate surface area is 140 Å². The Hall–Kier alpha value is -2.33. The van der Waals surface area contributed by atoms with E-state index in [0.717, 1.165) is 5.56 Å². The highest BCUT2D eigenvalue weighted by Crippen LogP contribution is 2.21. The molecule has 2 rings (SSSR count). The fourth-order valence-corrected chi connectivity index (χ4v) is 2.09. The van der Waals surface area contributed by atoms with Gasteiger partial charge in [0.2, 0.25) is 5.91 Å². The average molecular weight is 331 g/mol. The highest BCUT2D eigenvalue weighted by Gasteiger charge is 2.10. The van der Waals surface area contributed by atoms with E-state index in [1.807, 2.05) is 26.8 Å². The smallest absolute Gasteiger partial charge is 0.255 e. The van der Waals surface area contributed by atoms with Gasteiger partial charge in [-0.25, -0.2) is 0 Å². The number of halogens is 1. The maximum atomic E-state index is 12.3. The van der Waals surface area contributed by atoms with Crippen molar-refractivity contribution in [2.24, 2.45) is 5.92 Å². The molecule has 120 valence electrons. The molecule has 0 bridgehead atoms. The predicted molar refractivity (Wildman–Crippen MR) is 94.1 cm³/mol. The third-order valence-corrected chi connectivity index (χ3v) is 3.62. The molecule has 0 fully saturated rings. The second kappa shape index (κ2) is 7.29. The van der Waals surface area contributed by atoms with Crippen LogP contribution in [0.2, 0.25) is 5.02 Å². The molecule has 0 aliphatic rings. The zero-order valence-corrected chi connectivity index (χ0v) is 14.1. The molecule has 23 heavy (non-hydrogen) atoms. The molecule has 0 saturated carbocycles. The molecule has 2 N–H and O–H groups in total. The Morgan fingerprint density at radius 3 is 2.26 bits per heavy atom. The van der Waals surface area contributed by atoms with Crippen LogP contribution in [0.15, 0.2) is 42.5 Å². The molecule has 2 aromatic carbocycles. The number of rotatable bonds is 4. The number of carbonyl (C=O) groups is 2. The summed E-state index contributed by atoms with van der Waals surface area (Å²) in [7, 11) is 0. The maximum Gasteiger partial charge on any atom is 0.255 e. The Balaban J connectivity index is 2.08. The van der Waals surface area contributed by atoms with E-state index in [9.17, 15) is 9.59 Å². The van der Waals surface area contributed by atoms with E-state index in [1.165, 1.54) is 0 Å². The van der Waals surface area contributed by atoms with Crippen LogP contribution in [0.5, 0.6) is 0 Å². The number of anilines is 2. The lowest BCUT2D eigenvalue weighted by Crippen LogP contribution is -2.18. The third kappa shape index (κ3) is 4.57. The number of hydrogen-bond acceptors (Lipinski definition) is 2. The van der Waals surface area contributed by atoms with Crippen molar-refractivity contribution in [3.8, 4) is 0 Å². The van der Waals surface area contributed by atoms with Crippen molar-refractivity contribution in [2.75, 3.05) is 10.6 Å². The fourth-order valence-electron chi connectivity index (χ4n) is 1.91. The summed E-state index contributed by atoms with van der Waals surface area (Å²) in [4.78, 5) is 23.9. The van der Waals surface area contributed by atoms with E-state index < -0.39 is 0 Å². The fraction of sp³-hybridized carbons (Fsp3) is 0.222. The standard InChI is InChI=1S/C18H19ClN2O2/c1-11(2)17(22)20-15-8-5-13(6-9-15)18(23)21-16-10-14(19)7-4-12(16)3/h4-11H,1-3H3,(H,20,22)(H,21,23). The van der Waals surface area contributed by atoms with Crippen molar-refractivity contribution in [3.63, 3.8) is 0 Å². The molecule has 0 atom stereocenters. The average Bonchev–Trinajstić information content (AvgIpc) is 2.51. The van der Waals surface area contributed by atoms with Gasteiger partial charge in [0.25, 0.3) is 5.91 Å². The summed E-state index contributed by atoms with van der Waals surface area (Å²) in [5.74, 6) is -0.377. The van der Waals surface area contributed by atoms with Gasteiger partial charge in [-0.05, 0) is 48.9 Å². The number of carbonyl (C=O) groups excluding carboxylic acids is 2. The number of amides is 2. The van der Waals surface area contributed by atoms with Crippen LogP contribution < -0.4 is 10.6 Å². The molecule has 5 heteroatoms. The van der Waals surface area contributed by atoms with Crippen LogP contribution in [-0.4, -0.2) is 11.8 Å². The predicted octanol–water partition coefficient (Wildman–Crippen LogP) is 4.50. The SMILES string of the molecule is Cc1ccc(Cl)cc1NC(=O)c1ccc(NC(=O)C(C)C)cc1. The van der Waals surface area contributed by atoms with E-state index in [2.05, 4.69) is 10.6 Å². The van der Waals surface area contributed by atoms with Crippen LogP contribution in [-0.2, 0) is 4.79 Å². The van der Waals surface area contributed by atoms with Crippen molar-refractivity contribution in [2.45, 2.75) is 20.8 Å². The monoisotopic (exact) mass is 330 g/mol. The molecule has 2 amide bonds. The van der Waals surface area contributed by atoms with E-state index in [4.69, 9.17) is 11.6 Å². The lowest BCUT2D eigenvalue weighted by atomic mass is 10.1. The van der Waals surface area contributed by atoms with Crippen LogP contribution in [0.1, 0.15) is 29.8 Å². The van der Waals surface area contributed by atoms with Gasteiger partial charge in [-0.15, -0.1) is 0 Å². The molecule has 4 nitrogen and oxygen atoms in total. The van der Waals surface area contributed by atoms with E-state index in [-0.39, 0.29) is 17.7 Å². The van der Waals surface area contributed by atoms with Gasteiger partial charge in [-0.1, -0.05) is 31.5 Å². The van der Waals surface area contributed by atoms with E-state index in [1.54, 1.807) is 36.4 Å². The zero-order chi connectivity index (χ0) is 17.0. The van der Waals surface area contributed by atoms with Crippen molar-refractivity contribution < 1.29 is 9.59 Å². The van der Waals surface area contributed by atoms with Crippen LogP contribution in [0.3, 0.4) is 0 Å². The summed E-state index contributed by atoms with van der Waals surface area (Å²) in [5.41, 5.74) is 2.79. The maximum absolute atomic E-state index is 12.3. The van der Waals surface area contributed by atoms with Crippen LogP contribution in [0.4, 0.5) is 11.4 Å². The number of aryl methyl sites for hydroxylation is 1. The van der Waals surface area contributed by atoms with E-state index >= 15 is 0 Å². The van der Waals surface area contributed by atoms with Crippen molar-refractivity contribution in [1.82, 2.24) is 0 Å². The molecular weight excluding hydrogens is 312 g/mol. The summed E-state index contributed by atoms with van der Waals surface area (Å²) in [6.07, 6.45) is 0. The first kappa shape index (κ1) is 17.0. The minimum atomic E-state index is -0.225. The zero-order valence-electron chi connectivity index (χ0n) is 13.3. The Morgan fingerprint density at radius 2 is 1.65 bits per heavy atom. The van der Waals surface area contributed by atoms with Crippen molar-refractivity contribution in [3.05, 3.63) is 58.6 Å². The third-order valence-electron chi connectivity index (χ3n) is 3.39. The second-order valence-electron chi connectivity index (χ2n) is 5.63. The van der Waals surface area contributed by atoms with Crippen molar-refractivity contribution in [1.29, 1.82) is 0 Å². The summed E-state index contributed by atoms with van der Waals surface area (Å²) < 4.78 is 0. The molecule has 0 spiro atoms. The van der Waals surface area contributed by atoms with E-state index in [0.29, 0.717) is 22.0 Å². The summed E-state index contributed by atoms with van der Waals surface area (Å²) >= 11 is 5.95. The van der Waals surface area contributed by atoms with Gasteiger partial charge in [0, 0.05) is 27.9 Å². The lowest BCUT2D eigenvalue weighted by Gasteiger charge is -2.10. The molecule has 0 radical (unpaired) electrons. The minimum absolute atomic E-state index is 0.0586. The normalized spacial score (nSPS) is 10.5. The number of nitrogens with one attached hydrogen (secondary N) is 2. The molecule has 0 saturated heterocycles. The molecule has 0 aliphatic carbocycles. The highest BCUT2D eigenvalue weighted by molar-refractivity contribution is 6.31. The second-order valence-corrected chi connectivity index (χ2v) is 6.07. The Kier molecular flexibility index (Phi) is 5.40. The first-order valence-corrected chi connectivity index (χ1v) is 7.73. The van der Waals surface area contributed by atoms with Crippen LogP contribution in [0, 0.1) is 12.8 Å². The van der Waals surface area contributed by atoms with Gasteiger partial charge in [0.15, 0.2) is 0 Å². The molecule has 0 heterocycles. The van der Waals surface area contributed by atoms with Gasteiger partial charge in [0.1, 0.15) is 0 Å². The lowest BCUT2D eigenvalue weighted by molar-refractivity contribution is -0.118. The number of benzene rings is 2. The molecule has 0 aromatic heterocycles. The summed E-state index contributed by atoms with van der Waals surface area (Å²) in [6, 6.07) is 12.1. The van der Waals surface area contributed by atoms with Crippen LogP contribution >= 0.6 is 11.6 Å². The Bertz CT molecular complexity index is 724. The van der Waals surface area contributed by atoms with Gasteiger partial charge < -0.3 is 10.6 Å². The molecular formula is C18H19ClN2O2. The Morgan fingerprint density at radius 1 is 1.00 bits per heavy atom. The quantitative estimate of drug-likeness (QED) is 0.867. The molecule has 0 unspecified atom stereocenters. The van der Waals surface area contributed by atoms with Gasteiger partial charge in [-0.2, -0.15) is 0 Å². The van der Waals surface area contributed by atoms with Crippen molar-refractivity contribution >= 4 is 34.8 Å². The van der Waals surface area contributed by atoms with Crippen LogP contribution in [0.25, 0.3) is 0 Å². The van der Waals surface area contributed by atoms with Gasteiger partial charge >= 0.3 is 0 Å². The largest absolute Gasteiger partial charge is 0.326 e. The molecule has 0 aliphatic heterocycles.